The third-order valence-corrected chi connectivity index (χ3v) is 8.19. The average molecular weight is 469 g/mol. The van der Waals surface area contributed by atoms with Gasteiger partial charge < -0.3 is 4.90 Å². The first-order valence-corrected chi connectivity index (χ1v) is 12.3. The van der Waals surface area contributed by atoms with Gasteiger partial charge in [0.1, 0.15) is 11.5 Å². The summed E-state index contributed by atoms with van der Waals surface area (Å²) in [5, 5.41) is 5.64. The fourth-order valence-corrected chi connectivity index (χ4v) is 6.13. The molecule has 178 valence electrons. The number of rotatable bonds is 4. The number of nitrogens with zero attached hydrogens (tertiary/aromatic N) is 4. The summed E-state index contributed by atoms with van der Waals surface area (Å²) < 4.78 is 15.3. The Kier molecular flexibility index (Phi) is 4.85. The van der Waals surface area contributed by atoms with Crippen LogP contribution in [-0.2, 0) is 5.41 Å². The number of pyridine rings is 1. The summed E-state index contributed by atoms with van der Waals surface area (Å²) in [5.41, 5.74) is 5.79. The van der Waals surface area contributed by atoms with Crippen molar-refractivity contribution in [2.24, 2.45) is 11.8 Å². The van der Waals surface area contributed by atoms with Crippen LogP contribution in [0.5, 0.6) is 0 Å². The van der Waals surface area contributed by atoms with Crippen molar-refractivity contribution in [1.82, 2.24) is 19.7 Å². The van der Waals surface area contributed by atoms with Crippen LogP contribution in [0.4, 0.5) is 4.39 Å². The Balaban J connectivity index is 1.33. The van der Waals surface area contributed by atoms with Crippen molar-refractivity contribution in [2.45, 2.75) is 39.0 Å². The molecule has 3 atom stereocenters. The molecule has 2 aromatic heterocycles. The van der Waals surface area contributed by atoms with Gasteiger partial charge in [0.05, 0.1) is 17.4 Å². The van der Waals surface area contributed by atoms with E-state index in [1.165, 1.54) is 23.3 Å². The van der Waals surface area contributed by atoms with Crippen molar-refractivity contribution in [1.29, 1.82) is 0 Å². The number of hydrogen-bond acceptors (Lipinski definition) is 3. The largest absolute Gasteiger partial charge is 0.336 e. The molecule has 0 bridgehead atoms. The molecule has 1 aliphatic heterocycles. The average Bonchev–Trinajstić information content (AvgIpc) is 3.18. The highest BCUT2D eigenvalue weighted by molar-refractivity contribution is 5.93. The van der Waals surface area contributed by atoms with Gasteiger partial charge in [-0.25, -0.2) is 14.1 Å². The highest BCUT2D eigenvalue weighted by Crippen LogP contribution is 2.64. The van der Waals surface area contributed by atoms with Crippen molar-refractivity contribution < 1.29 is 9.18 Å². The molecule has 0 unspecified atom stereocenters. The molecule has 2 aliphatic rings. The maximum atomic E-state index is 13.4. The predicted molar refractivity (Wildman–Crippen MR) is 134 cm³/mol. The van der Waals surface area contributed by atoms with Crippen LogP contribution in [0.15, 0.2) is 60.8 Å². The Bertz CT molecular complexity index is 1460. The van der Waals surface area contributed by atoms with Crippen LogP contribution in [0.3, 0.4) is 0 Å². The number of halogens is 1. The predicted octanol–water partition coefficient (Wildman–Crippen LogP) is 5.65. The minimum atomic E-state index is -0.261. The smallest absolute Gasteiger partial charge is 0.272 e. The summed E-state index contributed by atoms with van der Waals surface area (Å²) in [5.74, 6) is 1.01. The number of carbonyl (C=O) groups excluding carboxylic acids is 1. The van der Waals surface area contributed by atoms with Crippen molar-refractivity contribution in [2.75, 3.05) is 13.1 Å². The van der Waals surface area contributed by atoms with Crippen LogP contribution >= 0.6 is 0 Å². The van der Waals surface area contributed by atoms with Crippen molar-refractivity contribution in [3.63, 3.8) is 0 Å². The van der Waals surface area contributed by atoms with E-state index in [1.54, 1.807) is 12.1 Å². The summed E-state index contributed by atoms with van der Waals surface area (Å²) in [6.07, 6.45) is 1.87. The molecule has 1 saturated heterocycles. The molecule has 6 rings (SSSR count). The molecule has 4 aromatic rings. The zero-order chi connectivity index (χ0) is 24.5. The van der Waals surface area contributed by atoms with E-state index < -0.39 is 0 Å². The van der Waals surface area contributed by atoms with Gasteiger partial charge in [0, 0.05) is 29.6 Å². The molecule has 0 spiro atoms. The van der Waals surface area contributed by atoms with Gasteiger partial charge in [-0.3, -0.25) is 4.79 Å². The fraction of sp³-hybridized carbons (Fsp3) is 0.345. The van der Waals surface area contributed by atoms with E-state index in [0.717, 1.165) is 28.8 Å². The highest BCUT2D eigenvalue weighted by Gasteiger charge is 2.68. The molecule has 2 fully saturated rings. The van der Waals surface area contributed by atoms with Crippen LogP contribution in [0.25, 0.3) is 16.6 Å². The van der Waals surface area contributed by atoms with Gasteiger partial charge in [0.15, 0.2) is 0 Å². The lowest BCUT2D eigenvalue weighted by molar-refractivity contribution is 0.0759. The number of aromatic nitrogens is 3. The Morgan fingerprint density at radius 2 is 1.91 bits per heavy atom. The summed E-state index contributed by atoms with van der Waals surface area (Å²) in [6, 6.07) is 16.6. The summed E-state index contributed by atoms with van der Waals surface area (Å²) in [6.45, 7) is 10.1. The Morgan fingerprint density at radius 1 is 1.14 bits per heavy atom. The van der Waals surface area contributed by atoms with Crippen LogP contribution in [0.1, 0.15) is 54.0 Å². The lowest BCUT2D eigenvalue weighted by Gasteiger charge is -2.24. The number of piperidine rings is 1. The number of fused-ring (bicyclic) bond motifs is 2. The van der Waals surface area contributed by atoms with Gasteiger partial charge in [-0.1, -0.05) is 26.8 Å². The second-order valence-electron chi connectivity index (χ2n) is 10.5. The van der Waals surface area contributed by atoms with E-state index in [-0.39, 0.29) is 23.1 Å². The number of aryl methyl sites for hydroxylation is 1. The molecule has 1 saturated carbocycles. The van der Waals surface area contributed by atoms with Crippen LogP contribution in [0.2, 0.25) is 0 Å². The highest BCUT2D eigenvalue weighted by atomic mass is 19.1. The minimum Gasteiger partial charge on any atom is -0.336 e. The van der Waals surface area contributed by atoms with Gasteiger partial charge in [-0.05, 0) is 84.3 Å². The molecule has 0 radical (unpaired) electrons. The molecule has 6 heteroatoms. The third-order valence-electron chi connectivity index (χ3n) is 8.19. The van der Waals surface area contributed by atoms with Crippen LogP contribution in [-0.4, -0.2) is 38.7 Å². The van der Waals surface area contributed by atoms with Gasteiger partial charge in [-0.2, -0.15) is 5.10 Å². The maximum Gasteiger partial charge on any atom is 0.272 e. The topological polar surface area (TPSA) is 51.0 Å². The monoisotopic (exact) mass is 468 g/mol. The van der Waals surface area contributed by atoms with E-state index in [4.69, 9.17) is 0 Å². The Labute approximate surface area is 204 Å². The zero-order valence-corrected chi connectivity index (χ0v) is 20.5. The second kappa shape index (κ2) is 7.74. The second-order valence-corrected chi connectivity index (χ2v) is 10.5. The van der Waals surface area contributed by atoms with E-state index in [0.29, 0.717) is 24.1 Å². The lowest BCUT2D eigenvalue weighted by Crippen LogP contribution is -2.35. The molecule has 1 aliphatic carbocycles. The van der Waals surface area contributed by atoms with Gasteiger partial charge in [-0.15, -0.1) is 0 Å². The third kappa shape index (κ3) is 3.30. The van der Waals surface area contributed by atoms with Gasteiger partial charge in [0.2, 0.25) is 0 Å². The van der Waals surface area contributed by atoms with E-state index in [1.807, 2.05) is 34.0 Å². The lowest BCUT2D eigenvalue weighted by atomic mass is 9.88. The molecule has 35 heavy (non-hydrogen) atoms. The van der Waals surface area contributed by atoms with Crippen molar-refractivity contribution in [3.05, 3.63) is 89.1 Å². The Morgan fingerprint density at radius 3 is 2.66 bits per heavy atom. The van der Waals surface area contributed by atoms with E-state index in [2.05, 4.69) is 49.9 Å². The van der Waals surface area contributed by atoms with Crippen molar-refractivity contribution >= 4 is 16.8 Å². The SMILES string of the molecule is Cc1cc2c(cnn2-c2ccc(F)cc2)cc1[C@@]12CN(C(=O)c3cccc(C(C)C)n3)C[C@@H]1[C@H]2C. The number of amides is 1. The summed E-state index contributed by atoms with van der Waals surface area (Å²) >= 11 is 0. The van der Waals surface area contributed by atoms with Crippen LogP contribution < -0.4 is 0 Å². The van der Waals surface area contributed by atoms with Crippen molar-refractivity contribution in [3.8, 4) is 5.69 Å². The molecule has 2 aromatic carbocycles. The van der Waals surface area contributed by atoms with Gasteiger partial charge >= 0.3 is 0 Å². The van der Waals surface area contributed by atoms with E-state index >= 15 is 0 Å². The normalized spacial score (nSPS) is 23.2. The molecule has 1 amide bonds. The summed E-state index contributed by atoms with van der Waals surface area (Å²) in [7, 11) is 0. The maximum absolute atomic E-state index is 13.4. The Hall–Kier alpha value is -3.54. The molecule has 0 N–H and O–H groups in total. The van der Waals surface area contributed by atoms with Gasteiger partial charge in [0.25, 0.3) is 5.91 Å². The zero-order valence-electron chi connectivity index (χ0n) is 20.5. The molecule has 3 heterocycles. The first kappa shape index (κ1) is 22.0. The standard InChI is InChI=1S/C29H29FN4O/c1-17(2)25-6-5-7-26(32-25)28(35)33-15-24-19(4)29(24,16-33)23-13-20-14-31-34(27(20)12-18(23)3)22-10-8-21(30)9-11-22/h5-14,17,19,24H,15-16H2,1-4H3/t19-,24-,29+/m1/s1. The number of hydrogen-bond donors (Lipinski definition) is 0. The minimum absolute atomic E-state index is 0.0223. The molecular weight excluding hydrogens is 439 g/mol. The molecule has 5 nitrogen and oxygen atoms in total. The molecular formula is C29H29FN4O. The fourth-order valence-electron chi connectivity index (χ4n) is 6.13. The first-order chi connectivity index (χ1) is 16.8. The number of likely N-dealkylation sites (tertiary alicyclic amines) is 1. The van der Waals surface area contributed by atoms with E-state index in [9.17, 15) is 9.18 Å². The first-order valence-electron chi connectivity index (χ1n) is 12.3. The number of carbonyl (C=O) groups is 1. The summed E-state index contributed by atoms with van der Waals surface area (Å²) in [4.78, 5) is 20.0. The quantitative estimate of drug-likeness (QED) is 0.389. The van der Waals surface area contributed by atoms with Crippen LogP contribution in [0, 0.1) is 24.6 Å². The number of benzene rings is 2.